The lowest BCUT2D eigenvalue weighted by Crippen LogP contribution is -2.14. The van der Waals surface area contributed by atoms with Crippen LogP contribution >= 0.6 is 0 Å². The van der Waals surface area contributed by atoms with Crippen LogP contribution in [0.25, 0.3) is 0 Å². The summed E-state index contributed by atoms with van der Waals surface area (Å²) in [6, 6.07) is 10.4. The summed E-state index contributed by atoms with van der Waals surface area (Å²) in [4.78, 5) is 12.1. The van der Waals surface area contributed by atoms with Gasteiger partial charge in [-0.25, -0.2) is 4.39 Å². The van der Waals surface area contributed by atoms with Crippen LogP contribution in [0.1, 0.15) is 27.0 Å². The van der Waals surface area contributed by atoms with Crippen molar-refractivity contribution in [3.8, 4) is 0 Å². The van der Waals surface area contributed by atoms with Crippen molar-refractivity contribution in [2.75, 3.05) is 5.32 Å². The van der Waals surface area contributed by atoms with E-state index < -0.39 is 0 Å². The summed E-state index contributed by atoms with van der Waals surface area (Å²) in [6.45, 7) is 5.42. The number of carbonyl (C=O) groups excluding carboxylic acids is 1. The Kier molecular flexibility index (Phi) is 3.65. The van der Waals surface area contributed by atoms with Gasteiger partial charge in [-0.1, -0.05) is 24.3 Å². The molecular weight excluding hydrogens is 241 g/mol. The molecule has 0 heterocycles. The van der Waals surface area contributed by atoms with Gasteiger partial charge >= 0.3 is 0 Å². The third-order valence-corrected chi connectivity index (χ3v) is 3.14. The Balaban J connectivity index is 2.30. The number of anilines is 1. The fourth-order valence-corrected chi connectivity index (χ4v) is 1.98. The first-order valence-electron chi connectivity index (χ1n) is 6.13. The third-order valence-electron chi connectivity index (χ3n) is 3.14. The van der Waals surface area contributed by atoms with E-state index in [2.05, 4.69) is 5.32 Å². The predicted molar refractivity (Wildman–Crippen MR) is 75.0 cm³/mol. The van der Waals surface area contributed by atoms with E-state index in [1.807, 2.05) is 32.0 Å². The van der Waals surface area contributed by atoms with Crippen LogP contribution in [0.5, 0.6) is 0 Å². The van der Waals surface area contributed by atoms with E-state index in [0.717, 1.165) is 11.1 Å². The molecule has 3 heteroatoms. The summed E-state index contributed by atoms with van der Waals surface area (Å²) >= 11 is 0. The van der Waals surface area contributed by atoms with Gasteiger partial charge in [-0.2, -0.15) is 0 Å². The lowest BCUT2D eigenvalue weighted by molar-refractivity contribution is 0.102. The van der Waals surface area contributed by atoms with Gasteiger partial charge in [-0.3, -0.25) is 4.79 Å². The lowest BCUT2D eigenvalue weighted by atomic mass is 10.1. The van der Waals surface area contributed by atoms with Crippen LogP contribution in [0.2, 0.25) is 0 Å². The summed E-state index contributed by atoms with van der Waals surface area (Å²) in [5.41, 5.74) is 3.43. The molecule has 0 aliphatic carbocycles. The molecule has 19 heavy (non-hydrogen) atoms. The SMILES string of the molecule is Cc1cc(C)c(NC(=O)c2ccccc2C)cc1F. The van der Waals surface area contributed by atoms with Crippen molar-refractivity contribution in [1.29, 1.82) is 0 Å². The van der Waals surface area contributed by atoms with Crippen LogP contribution in [-0.4, -0.2) is 5.91 Å². The van der Waals surface area contributed by atoms with Crippen molar-refractivity contribution in [1.82, 2.24) is 0 Å². The third kappa shape index (κ3) is 2.81. The Bertz CT molecular complexity index is 635. The van der Waals surface area contributed by atoms with Crippen molar-refractivity contribution >= 4 is 11.6 Å². The topological polar surface area (TPSA) is 29.1 Å². The van der Waals surface area contributed by atoms with Crippen LogP contribution in [0.3, 0.4) is 0 Å². The molecule has 1 amide bonds. The molecule has 2 rings (SSSR count). The molecule has 0 radical (unpaired) electrons. The highest BCUT2D eigenvalue weighted by Gasteiger charge is 2.11. The number of carbonyl (C=O) groups is 1. The van der Waals surface area contributed by atoms with Gasteiger partial charge in [-0.15, -0.1) is 0 Å². The van der Waals surface area contributed by atoms with Gasteiger partial charge in [0, 0.05) is 11.3 Å². The van der Waals surface area contributed by atoms with Gasteiger partial charge in [0.25, 0.3) is 5.91 Å². The molecule has 0 aromatic heterocycles. The van der Waals surface area contributed by atoms with Crippen LogP contribution in [0, 0.1) is 26.6 Å². The fraction of sp³-hybridized carbons (Fsp3) is 0.188. The maximum Gasteiger partial charge on any atom is 0.255 e. The molecule has 0 bridgehead atoms. The Morgan fingerprint density at radius 1 is 1.00 bits per heavy atom. The van der Waals surface area contributed by atoms with Gasteiger partial charge in [0.05, 0.1) is 0 Å². The Morgan fingerprint density at radius 3 is 2.37 bits per heavy atom. The minimum Gasteiger partial charge on any atom is -0.322 e. The second kappa shape index (κ2) is 5.22. The van der Waals surface area contributed by atoms with E-state index in [0.29, 0.717) is 16.8 Å². The monoisotopic (exact) mass is 257 g/mol. The highest BCUT2D eigenvalue weighted by atomic mass is 19.1. The van der Waals surface area contributed by atoms with Crippen molar-refractivity contribution in [3.63, 3.8) is 0 Å². The maximum absolute atomic E-state index is 13.5. The van der Waals surface area contributed by atoms with E-state index in [1.165, 1.54) is 6.07 Å². The van der Waals surface area contributed by atoms with Crippen molar-refractivity contribution in [2.24, 2.45) is 0 Å². The number of hydrogen-bond donors (Lipinski definition) is 1. The van der Waals surface area contributed by atoms with E-state index in [4.69, 9.17) is 0 Å². The van der Waals surface area contributed by atoms with Crippen LogP contribution < -0.4 is 5.32 Å². The number of rotatable bonds is 2. The maximum atomic E-state index is 13.5. The largest absolute Gasteiger partial charge is 0.322 e. The average Bonchev–Trinajstić information content (AvgIpc) is 2.36. The molecule has 2 aromatic rings. The zero-order valence-corrected chi connectivity index (χ0v) is 11.3. The molecule has 0 aliphatic heterocycles. The minimum atomic E-state index is -0.314. The lowest BCUT2D eigenvalue weighted by Gasteiger charge is -2.11. The van der Waals surface area contributed by atoms with Gasteiger partial charge in [-0.05, 0) is 49.6 Å². The highest BCUT2D eigenvalue weighted by molar-refractivity contribution is 6.05. The second-order valence-electron chi connectivity index (χ2n) is 4.69. The number of aryl methyl sites for hydroxylation is 3. The molecule has 1 N–H and O–H groups in total. The molecule has 0 saturated carbocycles. The molecular formula is C16H16FNO. The van der Waals surface area contributed by atoms with E-state index in [9.17, 15) is 9.18 Å². The molecule has 0 atom stereocenters. The van der Waals surface area contributed by atoms with Crippen molar-refractivity contribution in [2.45, 2.75) is 20.8 Å². The number of hydrogen-bond acceptors (Lipinski definition) is 1. The Hall–Kier alpha value is -2.16. The highest BCUT2D eigenvalue weighted by Crippen LogP contribution is 2.20. The van der Waals surface area contributed by atoms with Crippen LogP contribution in [-0.2, 0) is 0 Å². The molecule has 0 saturated heterocycles. The van der Waals surface area contributed by atoms with Gasteiger partial charge in [0.15, 0.2) is 0 Å². The van der Waals surface area contributed by atoms with Crippen LogP contribution in [0.4, 0.5) is 10.1 Å². The summed E-state index contributed by atoms with van der Waals surface area (Å²) in [6.07, 6.45) is 0. The number of halogens is 1. The molecule has 2 nitrogen and oxygen atoms in total. The first kappa shape index (κ1) is 13.3. The zero-order valence-electron chi connectivity index (χ0n) is 11.3. The van der Waals surface area contributed by atoms with E-state index in [-0.39, 0.29) is 11.7 Å². The number of benzene rings is 2. The first-order valence-corrected chi connectivity index (χ1v) is 6.13. The smallest absolute Gasteiger partial charge is 0.255 e. The number of amides is 1. The van der Waals surface area contributed by atoms with Gasteiger partial charge in [0.2, 0.25) is 0 Å². The average molecular weight is 257 g/mol. The van der Waals surface area contributed by atoms with Crippen molar-refractivity contribution < 1.29 is 9.18 Å². The molecule has 0 spiro atoms. The zero-order chi connectivity index (χ0) is 14.0. The Labute approximate surface area is 112 Å². The standard InChI is InChI=1S/C16H16FNO/c1-10-6-4-5-7-13(10)16(19)18-15-9-14(17)11(2)8-12(15)3/h4-9H,1-3H3,(H,18,19). The second-order valence-corrected chi connectivity index (χ2v) is 4.69. The summed E-state index contributed by atoms with van der Waals surface area (Å²) in [5, 5.41) is 2.76. The fourth-order valence-electron chi connectivity index (χ4n) is 1.98. The van der Waals surface area contributed by atoms with Gasteiger partial charge < -0.3 is 5.32 Å². The number of nitrogens with one attached hydrogen (secondary N) is 1. The van der Waals surface area contributed by atoms with Gasteiger partial charge in [0.1, 0.15) is 5.82 Å². The summed E-state index contributed by atoms with van der Waals surface area (Å²) in [7, 11) is 0. The molecule has 0 fully saturated rings. The molecule has 0 aliphatic rings. The van der Waals surface area contributed by atoms with E-state index in [1.54, 1.807) is 19.1 Å². The van der Waals surface area contributed by atoms with E-state index >= 15 is 0 Å². The minimum absolute atomic E-state index is 0.218. The normalized spacial score (nSPS) is 10.3. The molecule has 0 unspecified atom stereocenters. The summed E-state index contributed by atoms with van der Waals surface area (Å²) in [5.74, 6) is -0.532. The quantitative estimate of drug-likeness (QED) is 0.865. The predicted octanol–water partition coefficient (Wildman–Crippen LogP) is 4.00. The molecule has 98 valence electrons. The Morgan fingerprint density at radius 2 is 1.68 bits per heavy atom. The summed E-state index contributed by atoms with van der Waals surface area (Å²) < 4.78 is 13.5. The van der Waals surface area contributed by atoms with Crippen LogP contribution in [0.15, 0.2) is 36.4 Å². The first-order chi connectivity index (χ1) is 8.99. The molecule has 2 aromatic carbocycles. The van der Waals surface area contributed by atoms with Crippen molar-refractivity contribution in [3.05, 3.63) is 64.5 Å².